The molecule has 0 unspecified atom stereocenters. The summed E-state index contributed by atoms with van der Waals surface area (Å²) in [5.74, 6) is -0.961. The topological polar surface area (TPSA) is 12.9 Å². The third-order valence-electron chi connectivity index (χ3n) is 3.72. The summed E-state index contributed by atoms with van der Waals surface area (Å²) in [4.78, 5) is 4.50. The van der Waals surface area contributed by atoms with Gasteiger partial charge in [-0.15, -0.1) is 0 Å². The second kappa shape index (κ2) is 5.72. The van der Waals surface area contributed by atoms with Crippen molar-refractivity contribution in [3.8, 4) is 11.3 Å². The largest absolute Gasteiger partial charge is 0.256 e. The molecule has 1 heterocycles. The molecule has 0 amide bonds. The summed E-state index contributed by atoms with van der Waals surface area (Å²) in [6.07, 6.45) is 1.86. The summed E-state index contributed by atoms with van der Waals surface area (Å²) in [7, 11) is -1.61. The van der Waals surface area contributed by atoms with E-state index in [2.05, 4.69) is 24.6 Å². The highest BCUT2D eigenvalue weighted by Crippen LogP contribution is 2.26. The normalized spacial score (nSPS) is 13.2. The standard InChI is InChI=1S/C18H24FNSi/c1-12(2)15-10-16(20-11-17(15)21(4,5)6)14-9-7-8-13(3)18(14)19/h7-12H,1-6H3/i12D. The Labute approximate surface area is 129 Å². The van der Waals surface area contributed by atoms with Crippen LogP contribution in [0.5, 0.6) is 0 Å². The fraction of sp³-hybridized carbons (Fsp3) is 0.389. The lowest BCUT2D eigenvalue weighted by Gasteiger charge is -2.23. The second-order valence-electron chi connectivity index (χ2n) is 6.80. The van der Waals surface area contributed by atoms with Gasteiger partial charge in [0.25, 0.3) is 0 Å². The first-order valence-electron chi connectivity index (χ1n) is 7.78. The number of pyridine rings is 1. The lowest BCUT2D eigenvalue weighted by Crippen LogP contribution is -2.40. The van der Waals surface area contributed by atoms with E-state index < -0.39 is 14.0 Å². The van der Waals surface area contributed by atoms with Crippen molar-refractivity contribution >= 4 is 13.3 Å². The predicted octanol–water partition coefficient (Wildman–Crippen LogP) is 4.86. The number of aryl methyl sites for hydroxylation is 1. The van der Waals surface area contributed by atoms with Crippen molar-refractivity contribution in [1.29, 1.82) is 0 Å². The molecule has 0 bridgehead atoms. The molecule has 112 valence electrons. The van der Waals surface area contributed by atoms with Gasteiger partial charge < -0.3 is 0 Å². The van der Waals surface area contributed by atoms with Crippen LogP contribution in [0.3, 0.4) is 0 Å². The van der Waals surface area contributed by atoms with Crippen molar-refractivity contribution < 1.29 is 5.76 Å². The Balaban J connectivity index is 2.69. The van der Waals surface area contributed by atoms with Crippen molar-refractivity contribution in [2.75, 3.05) is 0 Å². The molecule has 21 heavy (non-hydrogen) atoms. The Morgan fingerprint density at radius 1 is 1.24 bits per heavy atom. The minimum absolute atomic E-state index is 0.232. The number of halogens is 1. The van der Waals surface area contributed by atoms with E-state index in [1.165, 1.54) is 5.19 Å². The van der Waals surface area contributed by atoms with Gasteiger partial charge in [-0.3, -0.25) is 4.98 Å². The second-order valence-corrected chi connectivity index (χ2v) is 11.8. The first kappa shape index (κ1) is 14.5. The highest BCUT2D eigenvalue weighted by atomic mass is 28.3. The average Bonchev–Trinajstić information content (AvgIpc) is 2.39. The van der Waals surface area contributed by atoms with Gasteiger partial charge in [-0.1, -0.05) is 45.6 Å². The van der Waals surface area contributed by atoms with Crippen molar-refractivity contribution in [1.82, 2.24) is 4.98 Å². The van der Waals surface area contributed by atoms with Gasteiger partial charge in [-0.05, 0) is 41.3 Å². The van der Waals surface area contributed by atoms with E-state index in [1.807, 2.05) is 32.2 Å². The molecule has 0 atom stereocenters. The molecule has 3 heteroatoms. The summed E-state index contributed by atoms with van der Waals surface area (Å²) in [5.41, 5.74) is 2.68. The smallest absolute Gasteiger partial charge is 0.135 e. The molecule has 2 rings (SSSR count). The highest BCUT2D eigenvalue weighted by Gasteiger charge is 2.23. The predicted molar refractivity (Wildman–Crippen MR) is 91.4 cm³/mol. The van der Waals surface area contributed by atoms with E-state index in [0.29, 0.717) is 16.8 Å². The van der Waals surface area contributed by atoms with Crippen LogP contribution in [0.4, 0.5) is 4.39 Å². The first-order chi connectivity index (χ1) is 10.0. The van der Waals surface area contributed by atoms with E-state index in [-0.39, 0.29) is 5.82 Å². The SMILES string of the molecule is [2H]C(C)(C)c1cc(-c2cccc(C)c2F)ncc1[Si](C)(C)C. The van der Waals surface area contributed by atoms with Gasteiger partial charge in [0.2, 0.25) is 0 Å². The molecule has 1 aromatic heterocycles. The number of aromatic nitrogens is 1. The molecule has 1 nitrogen and oxygen atoms in total. The van der Waals surface area contributed by atoms with Gasteiger partial charge in [0.15, 0.2) is 0 Å². The number of rotatable bonds is 3. The van der Waals surface area contributed by atoms with Crippen LogP contribution in [0, 0.1) is 12.7 Å². The molecule has 0 spiro atoms. The Hall–Kier alpha value is -1.48. The monoisotopic (exact) mass is 302 g/mol. The maximum absolute atomic E-state index is 14.4. The average molecular weight is 302 g/mol. The van der Waals surface area contributed by atoms with E-state index in [4.69, 9.17) is 1.37 Å². The van der Waals surface area contributed by atoms with Gasteiger partial charge in [-0.25, -0.2) is 4.39 Å². The van der Waals surface area contributed by atoms with Gasteiger partial charge >= 0.3 is 0 Å². The van der Waals surface area contributed by atoms with Crippen LogP contribution < -0.4 is 5.19 Å². The van der Waals surface area contributed by atoms with Crippen LogP contribution in [0.1, 0.15) is 32.2 Å². The number of nitrogens with zero attached hydrogens (tertiary/aromatic N) is 1. The maximum Gasteiger partial charge on any atom is 0.135 e. The van der Waals surface area contributed by atoms with Crippen LogP contribution in [-0.4, -0.2) is 13.1 Å². The van der Waals surface area contributed by atoms with Crippen LogP contribution >= 0.6 is 0 Å². The number of hydrogen-bond donors (Lipinski definition) is 0. The zero-order valence-corrected chi connectivity index (χ0v) is 14.7. The number of benzene rings is 1. The number of hydrogen-bond acceptors (Lipinski definition) is 1. The zero-order chi connectivity index (χ0) is 16.7. The van der Waals surface area contributed by atoms with Crippen LogP contribution in [0.25, 0.3) is 11.3 Å². The van der Waals surface area contributed by atoms with Crippen molar-refractivity contribution in [2.24, 2.45) is 0 Å². The molecule has 0 aliphatic rings. The van der Waals surface area contributed by atoms with Crippen LogP contribution in [0.2, 0.25) is 19.6 Å². The summed E-state index contributed by atoms with van der Waals surface area (Å²) >= 11 is 0. The van der Waals surface area contributed by atoms with E-state index >= 15 is 0 Å². The highest BCUT2D eigenvalue weighted by molar-refractivity contribution is 6.89. The van der Waals surface area contributed by atoms with Gasteiger partial charge in [-0.2, -0.15) is 0 Å². The van der Waals surface area contributed by atoms with Gasteiger partial charge in [0.05, 0.1) is 13.8 Å². The quantitative estimate of drug-likeness (QED) is 0.737. The lowest BCUT2D eigenvalue weighted by atomic mass is 10.0. The van der Waals surface area contributed by atoms with Crippen molar-refractivity contribution in [3.05, 3.63) is 47.4 Å². The third-order valence-corrected chi connectivity index (χ3v) is 5.73. The summed E-state index contributed by atoms with van der Waals surface area (Å²) in [5, 5.41) is 1.17. The molecule has 0 fully saturated rings. The Morgan fingerprint density at radius 2 is 1.90 bits per heavy atom. The van der Waals surface area contributed by atoms with Crippen LogP contribution in [0.15, 0.2) is 30.5 Å². The minimum Gasteiger partial charge on any atom is -0.256 e. The van der Waals surface area contributed by atoms with Gasteiger partial charge in [0, 0.05) is 13.1 Å². The van der Waals surface area contributed by atoms with Gasteiger partial charge in [0.1, 0.15) is 5.82 Å². The third kappa shape index (κ3) is 3.23. The molecule has 2 aromatic rings. The molecular formula is C18H24FNSi. The zero-order valence-electron chi connectivity index (χ0n) is 14.7. The Bertz CT molecular complexity index is 699. The summed E-state index contributed by atoms with van der Waals surface area (Å²) in [6, 6.07) is 7.25. The molecule has 0 aliphatic heterocycles. The fourth-order valence-corrected chi connectivity index (χ4v) is 4.04. The molecular weight excluding hydrogens is 277 g/mol. The van der Waals surface area contributed by atoms with E-state index in [1.54, 1.807) is 19.1 Å². The molecule has 0 radical (unpaired) electrons. The molecule has 0 aliphatic carbocycles. The first-order valence-corrected chi connectivity index (χ1v) is 10.8. The summed E-state index contributed by atoms with van der Waals surface area (Å²) < 4.78 is 22.8. The van der Waals surface area contributed by atoms with Crippen molar-refractivity contribution in [3.63, 3.8) is 0 Å². The Kier molecular flexibility index (Phi) is 3.94. The lowest BCUT2D eigenvalue weighted by molar-refractivity contribution is 0.621. The minimum atomic E-state index is -1.61. The molecule has 0 saturated carbocycles. The molecule has 0 N–H and O–H groups in total. The van der Waals surface area contributed by atoms with Crippen LogP contribution in [-0.2, 0) is 0 Å². The van der Waals surface area contributed by atoms with E-state index in [9.17, 15) is 4.39 Å². The molecule has 0 saturated heterocycles. The summed E-state index contributed by atoms with van der Waals surface area (Å²) in [6.45, 7) is 12.2. The molecule has 1 aromatic carbocycles. The van der Waals surface area contributed by atoms with E-state index in [0.717, 1.165) is 5.56 Å². The maximum atomic E-state index is 14.4. The van der Waals surface area contributed by atoms with Crippen molar-refractivity contribution in [2.45, 2.75) is 46.3 Å². The Morgan fingerprint density at radius 3 is 2.48 bits per heavy atom. The fourth-order valence-electron chi connectivity index (χ4n) is 2.46.